The van der Waals surface area contributed by atoms with Crippen LogP contribution in [0.2, 0.25) is 0 Å². The third kappa shape index (κ3) is 3.17. The lowest BCUT2D eigenvalue weighted by Gasteiger charge is -2.09. The van der Waals surface area contributed by atoms with E-state index in [1.165, 1.54) is 18.2 Å². The Labute approximate surface area is 119 Å². The summed E-state index contributed by atoms with van der Waals surface area (Å²) >= 11 is 3.21. The van der Waals surface area contributed by atoms with Crippen LogP contribution in [0, 0.1) is 19.7 Å². The molecule has 0 bridgehead atoms. The molecule has 1 aromatic heterocycles. The lowest BCUT2D eigenvalue weighted by atomic mass is 10.1. The highest BCUT2D eigenvalue weighted by atomic mass is 79.9. The van der Waals surface area contributed by atoms with E-state index in [4.69, 9.17) is 0 Å². The van der Waals surface area contributed by atoms with Crippen LogP contribution in [0.3, 0.4) is 0 Å². The molecule has 0 spiro atoms. The third-order valence-electron chi connectivity index (χ3n) is 2.65. The number of rotatable bonds is 2. The molecule has 0 aliphatic carbocycles. The van der Waals surface area contributed by atoms with E-state index in [-0.39, 0.29) is 11.7 Å². The summed E-state index contributed by atoms with van der Waals surface area (Å²) in [5.41, 5.74) is 2.54. The van der Waals surface area contributed by atoms with Gasteiger partial charge in [0, 0.05) is 10.2 Å². The number of hydrogen-bond donors (Lipinski definition) is 1. The zero-order valence-corrected chi connectivity index (χ0v) is 12.1. The van der Waals surface area contributed by atoms with E-state index in [9.17, 15) is 9.18 Å². The molecule has 1 N–H and O–H groups in total. The van der Waals surface area contributed by atoms with E-state index < -0.39 is 0 Å². The lowest BCUT2D eigenvalue weighted by molar-refractivity contribution is 0.102. The van der Waals surface area contributed by atoms with Crippen LogP contribution in [0.5, 0.6) is 0 Å². The van der Waals surface area contributed by atoms with Crippen molar-refractivity contribution >= 4 is 27.5 Å². The van der Waals surface area contributed by atoms with Crippen molar-refractivity contribution in [2.45, 2.75) is 13.8 Å². The number of carbonyl (C=O) groups is 1. The molecule has 5 heteroatoms. The van der Waals surface area contributed by atoms with Gasteiger partial charge in [-0.15, -0.1) is 0 Å². The van der Waals surface area contributed by atoms with Gasteiger partial charge in [-0.3, -0.25) is 9.78 Å². The highest BCUT2D eigenvalue weighted by molar-refractivity contribution is 9.10. The fraction of sp³-hybridized carbons (Fsp3) is 0.143. The topological polar surface area (TPSA) is 42.0 Å². The number of nitrogens with zero attached hydrogens (tertiary/aromatic N) is 1. The molecule has 2 rings (SSSR count). The Kier molecular flexibility index (Phi) is 3.95. The molecule has 3 nitrogen and oxygen atoms in total. The van der Waals surface area contributed by atoms with Gasteiger partial charge in [0.1, 0.15) is 5.82 Å². The maximum atomic E-state index is 13.0. The summed E-state index contributed by atoms with van der Waals surface area (Å²) < 4.78 is 13.5. The van der Waals surface area contributed by atoms with Gasteiger partial charge in [-0.05, 0) is 60.1 Å². The van der Waals surface area contributed by atoms with Crippen molar-refractivity contribution < 1.29 is 9.18 Å². The molecular weight excluding hydrogens is 311 g/mol. The predicted octanol–water partition coefficient (Wildman–Crippen LogP) is 3.85. The van der Waals surface area contributed by atoms with Crippen LogP contribution >= 0.6 is 15.9 Å². The van der Waals surface area contributed by atoms with Gasteiger partial charge in [-0.2, -0.15) is 0 Å². The number of carbonyl (C=O) groups excluding carboxylic acids is 1. The smallest absolute Gasteiger partial charge is 0.257 e. The molecule has 0 unspecified atom stereocenters. The summed E-state index contributed by atoms with van der Waals surface area (Å²) in [6.45, 7) is 3.65. The Balaban J connectivity index is 2.25. The van der Waals surface area contributed by atoms with Crippen molar-refractivity contribution in [3.05, 3.63) is 57.6 Å². The molecule has 0 atom stereocenters. The number of anilines is 1. The van der Waals surface area contributed by atoms with Crippen molar-refractivity contribution in [2.24, 2.45) is 0 Å². The average Bonchev–Trinajstić information content (AvgIpc) is 2.32. The largest absolute Gasteiger partial charge is 0.321 e. The Morgan fingerprint density at radius 2 is 2.00 bits per heavy atom. The first-order valence-corrected chi connectivity index (χ1v) is 6.47. The second-order valence-electron chi connectivity index (χ2n) is 4.16. The van der Waals surface area contributed by atoms with Crippen molar-refractivity contribution in [1.82, 2.24) is 4.98 Å². The maximum absolute atomic E-state index is 13.0. The highest BCUT2D eigenvalue weighted by Crippen LogP contribution is 2.23. The highest BCUT2D eigenvalue weighted by Gasteiger charge is 2.12. The second kappa shape index (κ2) is 5.48. The summed E-state index contributed by atoms with van der Waals surface area (Å²) in [7, 11) is 0. The number of amides is 1. The van der Waals surface area contributed by atoms with E-state index in [1.54, 1.807) is 19.1 Å². The molecular formula is C14H12BrFN2O. The Hall–Kier alpha value is -1.75. The van der Waals surface area contributed by atoms with Crippen molar-refractivity contribution in [3.8, 4) is 0 Å². The van der Waals surface area contributed by atoms with Crippen molar-refractivity contribution in [1.29, 1.82) is 0 Å². The van der Waals surface area contributed by atoms with Crippen LogP contribution in [-0.4, -0.2) is 10.9 Å². The normalized spacial score (nSPS) is 10.3. The zero-order chi connectivity index (χ0) is 14.0. The molecule has 2 aromatic rings. The van der Waals surface area contributed by atoms with Crippen LogP contribution < -0.4 is 5.32 Å². The molecule has 1 amide bonds. The van der Waals surface area contributed by atoms with E-state index in [2.05, 4.69) is 26.2 Å². The van der Waals surface area contributed by atoms with E-state index >= 15 is 0 Å². The minimum Gasteiger partial charge on any atom is -0.321 e. The number of benzene rings is 1. The fourth-order valence-electron chi connectivity index (χ4n) is 1.71. The number of aromatic nitrogens is 1. The van der Waals surface area contributed by atoms with Crippen LogP contribution in [0.25, 0.3) is 0 Å². The van der Waals surface area contributed by atoms with Gasteiger partial charge >= 0.3 is 0 Å². The molecule has 1 heterocycles. The first-order chi connectivity index (χ1) is 8.97. The minimum atomic E-state index is -0.363. The Morgan fingerprint density at radius 3 is 2.63 bits per heavy atom. The first kappa shape index (κ1) is 13.7. The second-order valence-corrected chi connectivity index (χ2v) is 5.02. The van der Waals surface area contributed by atoms with E-state index in [0.29, 0.717) is 21.4 Å². The number of hydrogen-bond acceptors (Lipinski definition) is 2. The van der Waals surface area contributed by atoms with Gasteiger partial charge in [-0.25, -0.2) is 4.39 Å². The van der Waals surface area contributed by atoms with E-state index in [1.807, 2.05) is 6.92 Å². The number of aryl methyl sites for hydroxylation is 2. The van der Waals surface area contributed by atoms with Gasteiger partial charge in [-0.1, -0.05) is 0 Å². The van der Waals surface area contributed by atoms with Gasteiger partial charge in [0.15, 0.2) is 0 Å². The van der Waals surface area contributed by atoms with Crippen LogP contribution in [0.1, 0.15) is 21.7 Å². The predicted molar refractivity (Wildman–Crippen MR) is 75.8 cm³/mol. The number of pyridine rings is 1. The van der Waals surface area contributed by atoms with Crippen LogP contribution in [0.15, 0.2) is 34.8 Å². The van der Waals surface area contributed by atoms with Gasteiger partial charge in [0.2, 0.25) is 0 Å². The SMILES string of the molecule is Cc1ccc(C(=O)Nc2ccc(F)cc2Br)c(C)n1. The summed E-state index contributed by atoms with van der Waals surface area (Å²) in [4.78, 5) is 16.4. The quantitative estimate of drug-likeness (QED) is 0.912. The maximum Gasteiger partial charge on any atom is 0.257 e. The molecule has 0 aliphatic rings. The lowest BCUT2D eigenvalue weighted by Crippen LogP contribution is -2.14. The van der Waals surface area contributed by atoms with E-state index in [0.717, 1.165) is 5.69 Å². The molecule has 0 saturated heterocycles. The third-order valence-corrected chi connectivity index (χ3v) is 3.31. The molecule has 98 valence electrons. The van der Waals surface area contributed by atoms with Gasteiger partial charge < -0.3 is 5.32 Å². The van der Waals surface area contributed by atoms with Gasteiger partial charge in [0.25, 0.3) is 5.91 Å². The molecule has 0 aliphatic heterocycles. The standard InChI is InChI=1S/C14H12BrFN2O/c1-8-3-5-11(9(2)17-8)14(19)18-13-6-4-10(16)7-12(13)15/h3-7H,1-2H3,(H,18,19). The molecule has 0 radical (unpaired) electrons. The zero-order valence-electron chi connectivity index (χ0n) is 10.5. The molecule has 1 aromatic carbocycles. The summed E-state index contributed by atoms with van der Waals surface area (Å²) in [6.07, 6.45) is 0. The Bertz CT molecular complexity index is 643. The monoisotopic (exact) mass is 322 g/mol. The van der Waals surface area contributed by atoms with Crippen LogP contribution in [0.4, 0.5) is 10.1 Å². The summed E-state index contributed by atoms with van der Waals surface area (Å²) in [5.74, 6) is -0.629. The van der Waals surface area contributed by atoms with Crippen LogP contribution in [-0.2, 0) is 0 Å². The number of halogens is 2. The first-order valence-electron chi connectivity index (χ1n) is 5.68. The average molecular weight is 323 g/mol. The summed E-state index contributed by atoms with van der Waals surface area (Å²) in [5, 5.41) is 2.72. The fourth-order valence-corrected chi connectivity index (χ4v) is 2.16. The van der Waals surface area contributed by atoms with Gasteiger partial charge in [0.05, 0.1) is 16.9 Å². The minimum absolute atomic E-state index is 0.266. The molecule has 19 heavy (non-hydrogen) atoms. The number of nitrogens with one attached hydrogen (secondary N) is 1. The molecule has 0 fully saturated rings. The summed E-state index contributed by atoms with van der Waals surface area (Å²) in [6, 6.07) is 7.61. The Morgan fingerprint density at radius 1 is 1.26 bits per heavy atom. The van der Waals surface area contributed by atoms with Crippen molar-refractivity contribution in [2.75, 3.05) is 5.32 Å². The molecule has 0 saturated carbocycles. The van der Waals surface area contributed by atoms with Crippen molar-refractivity contribution in [3.63, 3.8) is 0 Å².